The molecule has 0 aliphatic carbocycles. The van der Waals surface area contributed by atoms with E-state index in [0.717, 1.165) is 0 Å². The molecule has 1 aliphatic rings. The summed E-state index contributed by atoms with van der Waals surface area (Å²) in [6.07, 6.45) is 0.180. The van der Waals surface area contributed by atoms with Crippen molar-refractivity contribution in [3.05, 3.63) is 65.0 Å². The van der Waals surface area contributed by atoms with E-state index < -0.39 is 11.6 Å². The van der Waals surface area contributed by atoms with Gasteiger partial charge in [-0.15, -0.1) is 0 Å². The average Bonchev–Trinajstić information content (AvgIpc) is 3.24. The SMILES string of the molecule is O=C1CC(c2nc(-c3cccc(F)c3)no2)CN1c1ccc(F)c(Cl)c1. The van der Waals surface area contributed by atoms with Crippen molar-refractivity contribution in [2.45, 2.75) is 12.3 Å². The van der Waals surface area contributed by atoms with Crippen LogP contribution >= 0.6 is 11.6 Å². The van der Waals surface area contributed by atoms with Crippen LogP contribution in [0.1, 0.15) is 18.2 Å². The van der Waals surface area contributed by atoms with Crippen LogP contribution in [-0.4, -0.2) is 22.6 Å². The zero-order valence-electron chi connectivity index (χ0n) is 13.3. The Morgan fingerprint density at radius 1 is 1.19 bits per heavy atom. The Bertz CT molecular complexity index is 992. The molecule has 4 rings (SSSR count). The summed E-state index contributed by atoms with van der Waals surface area (Å²) in [6.45, 7) is 0.311. The number of benzene rings is 2. The fraction of sp³-hybridized carbons (Fsp3) is 0.167. The van der Waals surface area contributed by atoms with Crippen molar-refractivity contribution in [3.63, 3.8) is 0 Å². The molecule has 8 heteroatoms. The van der Waals surface area contributed by atoms with E-state index in [1.54, 1.807) is 12.1 Å². The molecular formula is C18H12ClF2N3O2. The summed E-state index contributed by atoms with van der Waals surface area (Å²) in [6, 6.07) is 9.97. The van der Waals surface area contributed by atoms with Crippen molar-refractivity contribution < 1.29 is 18.1 Å². The molecular weight excluding hydrogens is 364 g/mol. The summed E-state index contributed by atoms with van der Waals surface area (Å²) in [4.78, 5) is 18.1. The molecule has 0 spiro atoms. The third kappa shape index (κ3) is 3.06. The van der Waals surface area contributed by atoms with Crippen molar-refractivity contribution in [2.75, 3.05) is 11.4 Å². The highest BCUT2D eigenvalue weighted by Gasteiger charge is 2.35. The van der Waals surface area contributed by atoms with Crippen LogP contribution in [0.15, 0.2) is 47.0 Å². The van der Waals surface area contributed by atoms with Crippen molar-refractivity contribution in [1.29, 1.82) is 0 Å². The second kappa shape index (κ2) is 6.49. The molecule has 26 heavy (non-hydrogen) atoms. The number of nitrogens with zero attached hydrogens (tertiary/aromatic N) is 3. The summed E-state index contributed by atoms with van der Waals surface area (Å²) in [5, 5.41) is 3.82. The number of halogens is 3. The van der Waals surface area contributed by atoms with Crippen LogP contribution in [0.4, 0.5) is 14.5 Å². The molecule has 2 heterocycles. The quantitative estimate of drug-likeness (QED) is 0.688. The molecule has 0 bridgehead atoms. The number of hydrogen-bond donors (Lipinski definition) is 0. The van der Waals surface area contributed by atoms with Crippen LogP contribution in [-0.2, 0) is 4.79 Å². The van der Waals surface area contributed by atoms with Crippen molar-refractivity contribution in [3.8, 4) is 11.4 Å². The summed E-state index contributed by atoms with van der Waals surface area (Å²) in [7, 11) is 0. The van der Waals surface area contributed by atoms with E-state index in [0.29, 0.717) is 23.7 Å². The molecule has 1 unspecified atom stereocenters. The molecule has 0 saturated carbocycles. The first-order chi connectivity index (χ1) is 12.5. The second-order valence-electron chi connectivity index (χ2n) is 5.97. The first-order valence-electron chi connectivity index (χ1n) is 7.86. The van der Waals surface area contributed by atoms with Crippen LogP contribution in [0.2, 0.25) is 5.02 Å². The predicted molar refractivity (Wildman–Crippen MR) is 90.8 cm³/mol. The summed E-state index contributed by atoms with van der Waals surface area (Å²) < 4.78 is 31.9. The van der Waals surface area contributed by atoms with Crippen molar-refractivity contribution in [2.24, 2.45) is 0 Å². The molecule has 1 aliphatic heterocycles. The Hall–Kier alpha value is -2.80. The normalized spacial score (nSPS) is 17.1. The molecule has 1 aromatic heterocycles. The van der Waals surface area contributed by atoms with Gasteiger partial charge in [-0.05, 0) is 30.3 Å². The van der Waals surface area contributed by atoms with E-state index in [1.807, 2.05) is 0 Å². The Morgan fingerprint density at radius 2 is 2.04 bits per heavy atom. The van der Waals surface area contributed by atoms with Crippen molar-refractivity contribution in [1.82, 2.24) is 10.1 Å². The smallest absolute Gasteiger partial charge is 0.232 e. The first-order valence-corrected chi connectivity index (χ1v) is 8.24. The minimum atomic E-state index is -0.546. The molecule has 0 N–H and O–H groups in total. The monoisotopic (exact) mass is 375 g/mol. The zero-order chi connectivity index (χ0) is 18.3. The molecule has 0 radical (unpaired) electrons. The van der Waals surface area contributed by atoms with Gasteiger partial charge in [0.2, 0.25) is 17.6 Å². The highest BCUT2D eigenvalue weighted by molar-refractivity contribution is 6.31. The van der Waals surface area contributed by atoms with Gasteiger partial charge in [-0.1, -0.05) is 28.9 Å². The van der Waals surface area contributed by atoms with Gasteiger partial charge in [0.05, 0.1) is 10.9 Å². The number of carbonyl (C=O) groups excluding carboxylic acids is 1. The molecule has 132 valence electrons. The minimum Gasteiger partial charge on any atom is -0.339 e. The molecule has 1 atom stereocenters. The first kappa shape index (κ1) is 16.7. The average molecular weight is 376 g/mol. The molecule has 1 amide bonds. The number of rotatable bonds is 3. The lowest BCUT2D eigenvalue weighted by molar-refractivity contribution is -0.117. The van der Waals surface area contributed by atoms with Crippen LogP contribution in [0.5, 0.6) is 0 Å². The number of anilines is 1. The largest absolute Gasteiger partial charge is 0.339 e. The predicted octanol–water partition coefficient (Wildman–Crippen LogP) is 4.19. The van der Waals surface area contributed by atoms with Crippen molar-refractivity contribution >= 4 is 23.2 Å². The summed E-state index contributed by atoms with van der Waals surface area (Å²) in [5.74, 6) is -0.840. The van der Waals surface area contributed by atoms with E-state index in [1.165, 1.54) is 35.2 Å². The van der Waals surface area contributed by atoms with Crippen LogP contribution in [0.3, 0.4) is 0 Å². The van der Waals surface area contributed by atoms with Crippen LogP contribution in [0, 0.1) is 11.6 Å². The number of carbonyl (C=O) groups is 1. The Kier molecular flexibility index (Phi) is 4.16. The van der Waals surface area contributed by atoms with Gasteiger partial charge in [-0.3, -0.25) is 4.79 Å². The van der Waals surface area contributed by atoms with Gasteiger partial charge in [0.15, 0.2) is 0 Å². The van der Waals surface area contributed by atoms with Gasteiger partial charge in [0.25, 0.3) is 0 Å². The van der Waals surface area contributed by atoms with Crippen LogP contribution in [0.25, 0.3) is 11.4 Å². The van der Waals surface area contributed by atoms with E-state index >= 15 is 0 Å². The second-order valence-corrected chi connectivity index (χ2v) is 6.38. The Labute approximate surface area is 152 Å². The standard InChI is InChI=1S/C18H12ClF2N3O2/c19-14-8-13(4-5-15(14)21)24-9-11(7-16(24)25)18-22-17(23-26-18)10-2-1-3-12(20)6-10/h1-6,8,11H,7,9H2. The lowest BCUT2D eigenvalue weighted by Gasteiger charge is -2.16. The Balaban J connectivity index is 1.56. The zero-order valence-corrected chi connectivity index (χ0v) is 14.1. The highest BCUT2D eigenvalue weighted by Crippen LogP contribution is 2.33. The summed E-state index contributed by atoms with van der Waals surface area (Å²) >= 11 is 5.79. The molecule has 5 nitrogen and oxygen atoms in total. The number of aromatic nitrogens is 2. The molecule has 2 aromatic carbocycles. The fourth-order valence-electron chi connectivity index (χ4n) is 2.92. The van der Waals surface area contributed by atoms with Gasteiger partial charge in [-0.2, -0.15) is 4.98 Å². The maximum absolute atomic E-state index is 13.3. The topological polar surface area (TPSA) is 59.2 Å². The number of amides is 1. The summed E-state index contributed by atoms with van der Waals surface area (Å²) in [5.41, 5.74) is 1.00. The Morgan fingerprint density at radius 3 is 2.81 bits per heavy atom. The highest BCUT2D eigenvalue weighted by atomic mass is 35.5. The maximum atomic E-state index is 13.3. The van der Waals surface area contributed by atoms with Gasteiger partial charge in [0.1, 0.15) is 11.6 Å². The lowest BCUT2D eigenvalue weighted by Crippen LogP contribution is -2.24. The third-order valence-electron chi connectivity index (χ3n) is 4.21. The van der Waals surface area contributed by atoms with Gasteiger partial charge >= 0.3 is 0 Å². The third-order valence-corrected chi connectivity index (χ3v) is 4.50. The van der Waals surface area contributed by atoms with E-state index in [9.17, 15) is 13.6 Å². The van der Waals surface area contributed by atoms with E-state index in [-0.39, 0.29) is 29.1 Å². The minimum absolute atomic E-state index is 0.0510. The van der Waals surface area contributed by atoms with Gasteiger partial charge < -0.3 is 9.42 Å². The molecule has 1 saturated heterocycles. The van der Waals surface area contributed by atoms with Gasteiger partial charge in [0, 0.05) is 24.2 Å². The lowest BCUT2D eigenvalue weighted by atomic mass is 10.1. The van der Waals surface area contributed by atoms with Gasteiger partial charge in [-0.25, -0.2) is 8.78 Å². The molecule has 3 aromatic rings. The maximum Gasteiger partial charge on any atom is 0.232 e. The van der Waals surface area contributed by atoms with E-state index in [4.69, 9.17) is 16.1 Å². The fourth-order valence-corrected chi connectivity index (χ4v) is 3.10. The van der Waals surface area contributed by atoms with Crippen LogP contribution < -0.4 is 4.90 Å². The van der Waals surface area contributed by atoms with E-state index in [2.05, 4.69) is 10.1 Å². The molecule has 1 fully saturated rings. The number of hydrogen-bond acceptors (Lipinski definition) is 4.